The van der Waals surface area contributed by atoms with Gasteiger partial charge in [-0.25, -0.2) is 4.98 Å². The lowest BCUT2D eigenvalue weighted by atomic mass is 10.1. The molecule has 0 saturated heterocycles. The molecule has 1 aromatic heterocycles. The van der Waals surface area contributed by atoms with E-state index in [-0.39, 0.29) is 17.9 Å². The third kappa shape index (κ3) is 4.35. The summed E-state index contributed by atoms with van der Waals surface area (Å²) in [5, 5.41) is 3.32. The van der Waals surface area contributed by atoms with E-state index in [1.54, 1.807) is 30.3 Å². The first-order chi connectivity index (χ1) is 13.8. The molecule has 0 aliphatic carbocycles. The number of aromatic nitrogens is 2. The molecule has 0 aliphatic rings. The predicted octanol–water partition coefficient (Wildman–Crippen LogP) is 2.92. The second-order valence-corrected chi connectivity index (χ2v) is 6.99. The highest BCUT2D eigenvalue weighted by molar-refractivity contribution is 6.30. The lowest BCUT2D eigenvalue weighted by Crippen LogP contribution is -2.34. The number of rotatable bonds is 5. The van der Waals surface area contributed by atoms with Gasteiger partial charge >= 0.3 is 0 Å². The van der Waals surface area contributed by atoms with E-state index in [1.165, 1.54) is 0 Å². The Kier molecular flexibility index (Phi) is 5.79. The Morgan fingerprint density at radius 2 is 1.83 bits per heavy atom. The minimum atomic E-state index is -0.908. The van der Waals surface area contributed by atoms with Crippen LogP contribution >= 0.6 is 11.6 Å². The number of hydrogen-bond donors (Lipinski definition) is 2. The van der Waals surface area contributed by atoms with Crippen molar-refractivity contribution in [3.05, 3.63) is 80.7 Å². The van der Waals surface area contributed by atoms with E-state index in [1.807, 2.05) is 26.0 Å². The van der Waals surface area contributed by atoms with E-state index in [4.69, 9.17) is 17.3 Å². The van der Waals surface area contributed by atoms with Crippen molar-refractivity contribution in [3.8, 4) is 11.4 Å². The summed E-state index contributed by atoms with van der Waals surface area (Å²) in [5.41, 5.74) is 7.47. The smallest absolute Gasteiger partial charge is 0.267 e. The maximum atomic E-state index is 12.8. The van der Waals surface area contributed by atoms with Crippen LogP contribution in [0.4, 0.5) is 5.69 Å². The molecule has 29 heavy (non-hydrogen) atoms. The third-order valence-electron chi connectivity index (χ3n) is 4.60. The summed E-state index contributed by atoms with van der Waals surface area (Å²) in [6.07, 6.45) is 1.12. The molecular weight excluding hydrogens is 392 g/mol. The van der Waals surface area contributed by atoms with Crippen molar-refractivity contribution in [2.24, 2.45) is 5.73 Å². The fraction of sp³-hybridized carbons (Fsp3) is 0.143. The molecule has 3 N–H and O–H groups in total. The van der Waals surface area contributed by atoms with Crippen molar-refractivity contribution < 1.29 is 9.59 Å². The van der Waals surface area contributed by atoms with E-state index < -0.39 is 17.4 Å². The first kappa shape index (κ1) is 20.3. The summed E-state index contributed by atoms with van der Waals surface area (Å²) in [5.74, 6) is -1.11. The number of primary amides is 1. The maximum absolute atomic E-state index is 12.8. The first-order valence-corrected chi connectivity index (χ1v) is 9.17. The van der Waals surface area contributed by atoms with Crippen LogP contribution in [-0.4, -0.2) is 21.4 Å². The number of nitrogens with zero attached hydrogens (tertiary/aromatic N) is 2. The zero-order valence-corrected chi connectivity index (χ0v) is 16.7. The standard InChI is InChI=1S/C21H19ClN4O3/c1-12-4-3-5-17(13(12)2)25-18(27)11-26-20(14-6-8-15(22)9-7-14)24-10-16(19(23)28)21(26)29/h3-10H,11H2,1-2H3,(H2,23,28)(H,25,27). The molecule has 0 saturated carbocycles. The third-order valence-corrected chi connectivity index (χ3v) is 4.85. The van der Waals surface area contributed by atoms with E-state index in [0.29, 0.717) is 16.3 Å². The molecule has 2 aromatic carbocycles. The lowest BCUT2D eigenvalue weighted by Gasteiger charge is -2.14. The Hall–Kier alpha value is -3.45. The Morgan fingerprint density at radius 3 is 2.48 bits per heavy atom. The number of aryl methyl sites for hydroxylation is 1. The van der Waals surface area contributed by atoms with Crippen LogP contribution in [0.5, 0.6) is 0 Å². The largest absolute Gasteiger partial charge is 0.365 e. The Labute approximate surface area is 172 Å². The van der Waals surface area contributed by atoms with Crippen LogP contribution in [0.1, 0.15) is 21.5 Å². The van der Waals surface area contributed by atoms with Gasteiger partial charge in [0.25, 0.3) is 11.5 Å². The molecule has 3 aromatic rings. The van der Waals surface area contributed by atoms with Crippen LogP contribution in [-0.2, 0) is 11.3 Å². The first-order valence-electron chi connectivity index (χ1n) is 8.79. The molecule has 0 fully saturated rings. The van der Waals surface area contributed by atoms with Crippen LogP contribution in [0.3, 0.4) is 0 Å². The molecule has 0 aliphatic heterocycles. The van der Waals surface area contributed by atoms with Crippen molar-refractivity contribution in [3.63, 3.8) is 0 Å². The zero-order chi connectivity index (χ0) is 21.1. The second-order valence-electron chi connectivity index (χ2n) is 6.55. The number of carbonyl (C=O) groups is 2. The lowest BCUT2D eigenvalue weighted by molar-refractivity contribution is -0.116. The number of nitrogens with two attached hydrogens (primary N) is 1. The van der Waals surface area contributed by atoms with Crippen molar-refractivity contribution in [1.29, 1.82) is 0 Å². The Bertz CT molecular complexity index is 1150. The number of amides is 2. The van der Waals surface area contributed by atoms with Crippen LogP contribution in [0.2, 0.25) is 5.02 Å². The van der Waals surface area contributed by atoms with E-state index in [9.17, 15) is 14.4 Å². The van der Waals surface area contributed by atoms with Gasteiger partial charge in [0.2, 0.25) is 5.91 Å². The normalized spacial score (nSPS) is 10.6. The maximum Gasteiger partial charge on any atom is 0.267 e. The van der Waals surface area contributed by atoms with Gasteiger partial charge in [0.05, 0.1) is 0 Å². The number of halogens is 1. The van der Waals surface area contributed by atoms with E-state index in [2.05, 4.69) is 10.3 Å². The van der Waals surface area contributed by atoms with Crippen molar-refractivity contribution in [2.45, 2.75) is 20.4 Å². The highest BCUT2D eigenvalue weighted by Crippen LogP contribution is 2.20. The van der Waals surface area contributed by atoms with E-state index >= 15 is 0 Å². The van der Waals surface area contributed by atoms with Crippen LogP contribution in [0.25, 0.3) is 11.4 Å². The summed E-state index contributed by atoms with van der Waals surface area (Å²) in [6.45, 7) is 3.50. The van der Waals surface area contributed by atoms with Gasteiger partial charge in [0.1, 0.15) is 17.9 Å². The molecule has 0 spiro atoms. The fourth-order valence-electron chi connectivity index (χ4n) is 2.86. The molecule has 2 amide bonds. The monoisotopic (exact) mass is 410 g/mol. The van der Waals surface area contributed by atoms with Gasteiger partial charge in [-0.2, -0.15) is 0 Å². The number of nitrogens with one attached hydrogen (secondary N) is 1. The highest BCUT2D eigenvalue weighted by atomic mass is 35.5. The fourth-order valence-corrected chi connectivity index (χ4v) is 2.98. The molecule has 7 nitrogen and oxygen atoms in total. The molecule has 1 heterocycles. The summed E-state index contributed by atoms with van der Waals surface area (Å²) >= 11 is 5.92. The topological polar surface area (TPSA) is 107 Å². The highest BCUT2D eigenvalue weighted by Gasteiger charge is 2.18. The van der Waals surface area contributed by atoms with Crippen LogP contribution < -0.4 is 16.6 Å². The molecule has 0 bridgehead atoms. The Morgan fingerprint density at radius 1 is 1.14 bits per heavy atom. The van der Waals surface area contributed by atoms with Crippen molar-refractivity contribution >= 4 is 29.1 Å². The predicted molar refractivity (Wildman–Crippen MR) is 112 cm³/mol. The molecule has 8 heteroatoms. The summed E-state index contributed by atoms with van der Waals surface area (Å²) in [6, 6.07) is 12.2. The van der Waals surface area contributed by atoms with Gasteiger partial charge < -0.3 is 11.1 Å². The number of anilines is 1. The SMILES string of the molecule is Cc1cccc(NC(=O)Cn2c(-c3ccc(Cl)cc3)ncc(C(N)=O)c2=O)c1C. The minimum absolute atomic E-state index is 0.229. The molecular formula is C21H19ClN4O3. The van der Waals surface area contributed by atoms with Gasteiger partial charge in [-0.15, -0.1) is 0 Å². The molecule has 0 unspecified atom stereocenters. The minimum Gasteiger partial charge on any atom is -0.365 e. The Balaban J connectivity index is 2.01. The summed E-state index contributed by atoms with van der Waals surface area (Å²) < 4.78 is 1.13. The number of benzene rings is 2. The van der Waals surface area contributed by atoms with Gasteiger partial charge in [-0.3, -0.25) is 19.0 Å². The van der Waals surface area contributed by atoms with Gasteiger partial charge in [0.15, 0.2) is 0 Å². The average molecular weight is 411 g/mol. The quantitative estimate of drug-likeness (QED) is 0.674. The summed E-state index contributed by atoms with van der Waals surface area (Å²) in [7, 11) is 0. The molecule has 3 rings (SSSR count). The molecule has 0 atom stereocenters. The zero-order valence-electron chi connectivity index (χ0n) is 15.9. The molecule has 0 radical (unpaired) electrons. The average Bonchev–Trinajstić information content (AvgIpc) is 2.67. The van der Waals surface area contributed by atoms with Crippen LogP contribution in [0, 0.1) is 13.8 Å². The molecule has 148 valence electrons. The summed E-state index contributed by atoms with van der Waals surface area (Å²) in [4.78, 5) is 41.2. The van der Waals surface area contributed by atoms with Crippen molar-refractivity contribution in [1.82, 2.24) is 9.55 Å². The van der Waals surface area contributed by atoms with Gasteiger partial charge in [-0.1, -0.05) is 23.7 Å². The van der Waals surface area contributed by atoms with Gasteiger partial charge in [-0.05, 0) is 55.3 Å². The number of hydrogen-bond acceptors (Lipinski definition) is 4. The second kappa shape index (κ2) is 8.28. The van der Waals surface area contributed by atoms with Gasteiger partial charge in [0, 0.05) is 22.5 Å². The van der Waals surface area contributed by atoms with E-state index in [0.717, 1.165) is 21.9 Å². The van der Waals surface area contributed by atoms with Crippen LogP contribution in [0.15, 0.2) is 53.5 Å². The number of carbonyl (C=O) groups excluding carboxylic acids is 2. The van der Waals surface area contributed by atoms with Crippen molar-refractivity contribution in [2.75, 3.05) is 5.32 Å².